The summed E-state index contributed by atoms with van der Waals surface area (Å²) in [5.41, 5.74) is 0.799. The lowest BCUT2D eigenvalue weighted by molar-refractivity contribution is 0.0297. The number of carbonyl (C=O) groups excluding carboxylic acids is 1. The molecule has 0 spiro atoms. The molecule has 0 saturated heterocycles. The Labute approximate surface area is 132 Å². The monoisotopic (exact) mass is 308 g/mol. The predicted molar refractivity (Wildman–Crippen MR) is 85.7 cm³/mol. The van der Waals surface area contributed by atoms with E-state index in [-0.39, 0.29) is 6.09 Å². The van der Waals surface area contributed by atoms with Gasteiger partial charge in [0.1, 0.15) is 5.60 Å². The van der Waals surface area contributed by atoms with Crippen molar-refractivity contribution in [2.45, 2.75) is 58.2 Å². The van der Waals surface area contributed by atoms with Crippen LogP contribution in [0.15, 0.2) is 12.5 Å². The molecule has 0 unspecified atom stereocenters. The number of hydrogen-bond donors (Lipinski definition) is 1. The molecule has 1 aromatic heterocycles. The Morgan fingerprint density at radius 1 is 1.50 bits per heavy atom. The molecule has 0 atom stereocenters. The van der Waals surface area contributed by atoms with E-state index in [4.69, 9.17) is 4.74 Å². The highest BCUT2D eigenvalue weighted by Gasteiger charge is 2.24. The van der Waals surface area contributed by atoms with Gasteiger partial charge < -0.3 is 19.5 Å². The van der Waals surface area contributed by atoms with Gasteiger partial charge in [-0.1, -0.05) is 0 Å². The number of rotatable bonds is 7. The fraction of sp³-hybridized carbons (Fsp3) is 0.750. The van der Waals surface area contributed by atoms with Crippen LogP contribution >= 0.6 is 0 Å². The van der Waals surface area contributed by atoms with Crippen molar-refractivity contribution in [2.75, 3.05) is 20.1 Å². The van der Waals surface area contributed by atoms with Gasteiger partial charge >= 0.3 is 6.09 Å². The molecule has 1 aliphatic rings. The first-order valence-electron chi connectivity index (χ1n) is 8.02. The van der Waals surface area contributed by atoms with Crippen LogP contribution in [0.2, 0.25) is 0 Å². The molecule has 1 saturated carbocycles. The first kappa shape index (κ1) is 16.8. The lowest BCUT2D eigenvalue weighted by Crippen LogP contribution is -2.35. The minimum atomic E-state index is -0.440. The van der Waals surface area contributed by atoms with Gasteiger partial charge in [-0.15, -0.1) is 0 Å². The Balaban J connectivity index is 1.60. The number of imidazole rings is 1. The average molecular weight is 308 g/mol. The van der Waals surface area contributed by atoms with E-state index in [9.17, 15) is 4.79 Å². The molecule has 0 aliphatic heterocycles. The third kappa shape index (κ3) is 5.33. The number of hydrogen-bond acceptors (Lipinski definition) is 4. The summed E-state index contributed by atoms with van der Waals surface area (Å²) in [6.07, 6.45) is 7.02. The second-order valence-corrected chi connectivity index (χ2v) is 6.96. The van der Waals surface area contributed by atoms with Crippen molar-refractivity contribution in [3.8, 4) is 0 Å². The quantitative estimate of drug-likeness (QED) is 0.787. The topological polar surface area (TPSA) is 59.4 Å². The lowest BCUT2D eigenvalue weighted by atomic mass is 10.2. The Morgan fingerprint density at radius 2 is 2.23 bits per heavy atom. The molecule has 0 aromatic carbocycles. The Hall–Kier alpha value is -1.56. The fourth-order valence-electron chi connectivity index (χ4n) is 2.24. The molecule has 0 radical (unpaired) electrons. The minimum Gasteiger partial charge on any atom is -0.444 e. The molecular formula is C16H28N4O2. The van der Waals surface area contributed by atoms with Crippen LogP contribution in [-0.2, 0) is 11.3 Å². The predicted octanol–water partition coefficient (Wildman–Crippen LogP) is 2.56. The van der Waals surface area contributed by atoms with Crippen LogP contribution in [0.3, 0.4) is 0 Å². The Morgan fingerprint density at radius 3 is 2.86 bits per heavy atom. The smallest absolute Gasteiger partial charge is 0.410 e. The summed E-state index contributed by atoms with van der Waals surface area (Å²) in [4.78, 5) is 17.7. The second-order valence-electron chi connectivity index (χ2n) is 6.96. The van der Waals surface area contributed by atoms with Crippen LogP contribution in [0.25, 0.3) is 0 Å². The highest BCUT2D eigenvalue weighted by molar-refractivity contribution is 5.67. The van der Waals surface area contributed by atoms with Crippen LogP contribution < -0.4 is 5.32 Å². The SMILES string of the molecule is CN(CCCNCc1cncn1C1CC1)C(=O)OC(C)(C)C. The van der Waals surface area contributed by atoms with Crippen molar-refractivity contribution in [3.05, 3.63) is 18.2 Å². The Kier molecular flexibility index (Phi) is 5.45. The molecule has 124 valence electrons. The number of carbonyl (C=O) groups is 1. The van der Waals surface area contributed by atoms with Gasteiger partial charge in [0, 0.05) is 32.4 Å². The van der Waals surface area contributed by atoms with Gasteiger partial charge in [-0.2, -0.15) is 0 Å². The van der Waals surface area contributed by atoms with Gasteiger partial charge in [-0.05, 0) is 46.6 Å². The van der Waals surface area contributed by atoms with Crippen LogP contribution in [0.1, 0.15) is 51.8 Å². The summed E-state index contributed by atoms with van der Waals surface area (Å²) in [5.74, 6) is 0. The molecular weight excluding hydrogens is 280 g/mol. The molecule has 22 heavy (non-hydrogen) atoms. The summed E-state index contributed by atoms with van der Waals surface area (Å²) in [7, 11) is 1.77. The van der Waals surface area contributed by atoms with Crippen molar-refractivity contribution >= 4 is 6.09 Å². The maximum absolute atomic E-state index is 11.8. The molecule has 1 aromatic rings. The largest absolute Gasteiger partial charge is 0.444 e. The number of amides is 1. The summed E-state index contributed by atoms with van der Waals surface area (Å²) >= 11 is 0. The van der Waals surface area contributed by atoms with Gasteiger partial charge in [0.2, 0.25) is 0 Å². The third-order valence-electron chi connectivity index (χ3n) is 3.54. The number of aromatic nitrogens is 2. The van der Waals surface area contributed by atoms with Crippen LogP contribution in [0, 0.1) is 0 Å². The third-order valence-corrected chi connectivity index (χ3v) is 3.54. The molecule has 2 rings (SSSR count). The van der Waals surface area contributed by atoms with Gasteiger partial charge in [-0.3, -0.25) is 0 Å². The van der Waals surface area contributed by atoms with E-state index in [1.165, 1.54) is 18.5 Å². The first-order valence-corrected chi connectivity index (χ1v) is 8.02. The summed E-state index contributed by atoms with van der Waals surface area (Å²) in [6.45, 7) is 8.01. The van der Waals surface area contributed by atoms with Gasteiger partial charge in [0.15, 0.2) is 0 Å². The first-order chi connectivity index (χ1) is 10.4. The van der Waals surface area contributed by atoms with Crippen LogP contribution in [0.5, 0.6) is 0 Å². The van der Waals surface area contributed by atoms with Crippen LogP contribution in [-0.4, -0.2) is 46.3 Å². The molecule has 1 N–H and O–H groups in total. The maximum Gasteiger partial charge on any atom is 0.410 e. The fourth-order valence-corrected chi connectivity index (χ4v) is 2.24. The molecule has 1 aliphatic carbocycles. The average Bonchev–Trinajstić information content (AvgIpc) is 3.16. The number of nitrogens with one attached hydrogen (secondary N) is 1. The summed E-state index contributed by atoms with van der Waals surface area (Å²) in [6, 6.07) is 0.664. The van der Waals surface area contributed by atoms with Crippen molar-refractivity contribution < 1.29 is 9.53 Å². The molecule has 6 heteroatoms. The highest BCUT2D eigenvalue weighted by Crippen LogP contribution is 2.35. The zero-order valence-electron chi connectivity index (χ0n) is 14.1. The van der Waals surface area contributed by atoms with Gasteiger partial charge in [0.25, 0.3) is 0 Å². The Bertz CT molecular complexity index is 489. The summed E-state index contributed by atoms with van der Waals surface area (Å²) in [5, 5.41) is 3.41. The number of ether oxygens (including phenoxy) is 1. The van der Waals surface area contributed by atoms with E-state index < -0.39 is 5.60 Å². The van der Waals surface area contributed by atoms with E-state index in [1.807, 2.05) is 33.3 Å². The standard InChI is InChI=1S/C16H28N4O2/c1-16(2,3)22-15(21)19(4)9-5-8-17-10-14-11-18-12-20(14)13-6-7-13/h11-13,17H,5-10H2,1-4H3. The molecule has 6 nitrogen and oxygen atoms in total. The molecule has 0 bridgehead atoms. The van der Waals surface area contributed by atoms with E-state index >= 15 is 0 Å². The van der Waals surface area contributed by atoms with Crippen molar-refractivity contribution in [1.29, 1.82) is 0 Å². The normalized spacial score (nSPS) is 14.9. The van der Waals surface area contributed by atoms with Crippen molar-refractivity contribution in [1.82, 2.24) is 19.8 Å². The van der Waals surface area contributed by atoms with Crippen molar-refractivity contribution in [3.63, 3.8) is 0 Å². The zero-order valence-corrected chi connectivity index (χ0v) is 14.1. The molecule has 1 heterocycles. The maximum atomic E-state index is 11.8. The van der Waals surface area contributed by atoms with E-state index in [0.717, 1.165) is 19.5 Å². The zero-order chi connectivity index (χ0) is 16.2. The highest BCUT2D eigenvalue weighted by atomic mass is 16.6. The number of nitrogens with zero attached hydrogens (tertiary/aromatic N) is 3. The summed E-state index contributed by atoms with van der Waals surface area (Å²) < 4.78 is 7.58. The van der Waals surface area contributed by atoms with E-state index in [2.05, 4.69) is 14.9 Å². The second kappa shape index (κ2) is 7.13. The minimum absolute atomic E-state index is 0.265. The molecule has 1 fully saturated rings. The van der Waals surface area contributed by atoms with E-state index in [0.29, 0.717) is 12.6 Å². The van der Waals surface area contributed by atoms with Gasteiger partial charge in [0.05, 0.1) is 12.0 Å². The van der Waals surface area contributed by atoms with E-state index in [1.54, 1.807) is 11.9 Å². The van der Waals surface area contributed by atoms with Crippen LogP contribution in [0.4, 0.5) is 4.79 Å². The molecule has 1 amide bonds. The van der Waals surface area contributed by atoms with Crippen molar-refractivity contribution in [2.24, 2.45) is 0 Å². The van der Waals surface area contributed by atoms with Gasteiger partial charge in [-0.25, -0.2) is 9.78 Å². The lowest BCUT2D eigenvalue weighted by Gasteiger charge is -2.24.